The highest BCUT2D eigenvalue weighted by Crippen LogP contribution is 2.07. The Bertz CT molecular complexity index is 96.2. The van der Waals surface area contributed by atoms with E-state index in [1.165, 1.54) is 0 Å². The second-order valence-corrected chi connectivity index (χ2v) is 2.00. The summed E-state index contributed by atoms with van der Waals surface area (Å²) in [7, 11) is 0. The van der Waals surface area contributed by atoms with Crippen LogP contribution in [0.15, 0.2) is 0 Å². The Morgan fingerprint density at radius 2 is 2.50 bits per heavy atom. The first-order valence-corrected chi connectivity index (χ1v) is 2.58. The molecule has 0 aliphatic heterocycles. The van der Waals surface area contributed by atoms with E-state index in [9.17, 15) is 0 Å². The molecule has 6 heavy (non-hydrogen) atoms. The summed E-state index contributed by atoms with van der Waals surface area (Å²) < 4.78 is 0. The second kappa shape index (κ2) is 1.57. The van der Waals surface area contributed by atoms with Crippen LogP contribution in [0.5, 0.6) is 0 Å². The van der Waals surface area contributed by atoms with Gasteiger partial charge in [-0.05, 0) is 6.42 Å². The van der Waals surface area contributed by atoms with E-state index >= 15 is 0 Å². The van der Waals surface area contributed by atoms with E-state index in [4.69, 9.17) is 0 Å². The summed E-state index contributed by atoms with van der Waals surface area (Å²) in [5, 5.41) is 0.380. The average Bonchev–Trinajstić information content (AvgIpc) is 1.86. The first kappa shape index (κ1) is 4.08. The highest BCUT2D eigenvalue weighted by Gasteiger charge is 1.99. The van der Waals surface area contributed by atoms with E-state index in [-0.39, 0.29) is 0 Å². The van der Waals surface area contributed by atoms with Crippen LogP contribution in [0.3, 0.4) is 0 Å². The topological polar surface area (TPSA) is 0 Å². The van der Waals surface area contributed by atoms with Crippen molar-refractivity contribution in [2.45, 2.75) is 18.1 Å². The minimum absolute atomic E-state index is 0.380. The molecule has 0 bridgehead atoms. The first-order chi connectivity index (χ1) is 2.89. The van der Waals surface area contributed by atoms with Gasteiger partial charge in [-0.15, -0.1) is 5.92 Å². The summed E-state index contributed by atoms with van der Waals surface area (Å²) in [6.07, 6.45) is 2.18. The predicted octanol–water partition coefficient (Wildman–Crippen LogP) is 1.08. The van der Waals surface area contributed by atoms with Crippen molar-refractivity contribution < 1.29 is 0 Å². The Hall–Kier alpha value is -0.0900. The van der Waals surface area contributed by atoms with Crippen molar-refractivity contribution in [2.24, 2.45) is 0 Å². The van der Waals surface area contributed by atoms with Gasteiger partial charge < -0.3 is 0 Å². The van der Waals surface area contributed by atoms with E-state index in [0.717, 1.165) is 12.8 Å². The molecule has 0 fully saturated rings. The van der Waals surface area contributed by atoms with Gasteiger partial charge in [-0.3, -0.25) is 0 Å². The average molecular weight is 98.2 g/mol. The minimum atomic E-state index is 0.380. The zero-order valence-corrected chi connectivity index (χ0v) is 4.33. The number of thiol groups is 1. The van der Waals surface area contributed by atoms with Gasteiger partial charge in [0.15, 0.2) is 0 Å². The van der Waals surface area contributed by atoms with Gasteiger partial charge in [-0.2, -0.15) is 12.6 Å². The number of hydrogen-bond donors (Lipinski definition) is 1. The molecular formula is C5H6S. The van der Waals surface area contributed by atoms with Crippen molar-refractivity contribution in [3.63, 3.8) is 0 Å². The van der Waals surface area contributed by atoms with Gasteiger partial charge in [0.25, 0.3) is 0 Å². The molecule has 0 saturated heterocycles. The second-order valence-electron chi connectivity index (χ2n) is 1.38. The standard InChI is InChI=1S/C5H6S/c6-5-3-1-2-4-5/h5-6H,1,3H2. The lowest BCUT2D eigenvalue weighted by atomic mass is 10.3. The Kier molecular flexibility index (Phi) is 1.07. The Labute approximate surface area is 43.3 Å². The molecule has 0 aromatic heterocycles. The smallest absolute Gasteiger partial charge is 0.0636 e. The molecule has 0 spiro atoms. The van der Waals surface area contributed by atoms with Crippen LogP contribution in [0.25, 0.3) is 0 Å². The molecule has 0 heterocycles. The van der Waals surface area contributed by atoms with Gasteiger partial charge in [-0.25, -0.2) is 0 Å². The van der Waals surface area contributed by atoms with Crippen LogP contribution in [0.2, 0.25) is 0 Å². The van der Waals surface area contributed by atoms with E-state index < -0.39 is 0 Å². The SMILES string of the molecule is SC1C#CCC1. The van der Waals surface area contributed by atoms with Crippen LogP contribution in [-0.4, -0.2) is 5.25 Å². The maximum absolute atomic E-state index is 4.12. The maximum Gasteiger partial charge on any atom is 0.0636 e. The van der Waals surface area contributed by atoms with E-state index in [0.29, 0.717) is 5.25 Å². The molecule has 1 atom stereocenters. The quantitative estimate of drug-likeness (QED) is 0.340. The van der Waals surface area contributed by atoms with Crippen molar-refractivity contribution in [3.05, 3.63) is 0 Å². The normalized spacial score (nSPS) is 29.2. The molecule has 1 unspecified atom stereocenters. The molecule has 0 aromatic rings. The van der Waals surface area contributed by atoms with Crippen molar-refractivity contribution >= 4 is 12.6 Å². The third kappa shape index (κ3) is 0.693. The van der Waals surface area contributed by atoms with E-state index in [1.54, 1.807) is 0 Å². The van der Waals surface area contributed by atoms with Gasteiger partial charge in [-0.1, -0.05) is 5.92 Å². The summed E-state index contributed by atoms with van der Waals surface area (Å²) in [6.45, 7) is 0. The largest absolute Gasteiger partial charge is 0.163 e. The molecule has 32 valence electrons. The predicted molar refractivity (Wildman–Crippen MR) is 29.8 cm³/mol. The lowest BCUT2D eigenvalue weighted by molar-refractivity contribution is 0.960. The third-order valence-corrected chi connectivity index (χ3v) is 1.20. The van der Waals surface area contributed by atoms with Crippen LogP contribution in [0.1, 0.15) is 12.8 Å². The lowest BCUT2D eigenvalue weighted by Crippen LogP contribution is -1.83. The highest BCUT2D eigenvalue weighted by atomic mass is 32.1. The van der Waals surface area contributed by atoms with Gasteiger partial charge in [0.2, 0.25) is 0 Å². The summed E-state index contributed by atoms with van der Waals surface area (Å²) in [6, 6.07) is 0. The molecule has 1 aliphatic carbocycles. The van der Waals surface area contributed by atoms with Crippen LogP contribution < -0.4 is 0 Å². The molecule has 0 amide bonds. The molecule has 1 heteroatoms. The van der Waals surface area contributed by atoms with Crippen molar-refractivity contribution in [1.29, 1.82) is 0 Å². The van der Waals surface area contributed by atoms with Gasteiger partial charge in [0.05, 0.1) is 5.25 Å². The van der Waals surface area contributed by atoms with Crippen LogP contribution >= 0.6 is 12.6 Å². The lowest BCUT2D eigenvalue weighted by Gasteiger charge is -1.86. The van der Waals surface area contributed by atoms with E-state index in [2.05, 4.69) is 24.5 Å². The zero-order chi connectivity index (χ0) is 4.41. The van der Waals surface area contributed by atoms with Gasteiger partial charge >= 0.3 is 0 Å². The van der Waals surface area contributed by atoms with Gasteiger partial charge in [0.1, 0.15) is 0 Å². The molecule has 0 nitrogen and oxygen atoms in total. The van der Waals surface area contributed by atoms with E-state index in [1.807, 2.05) is 0 Å². The number of rotatable bonds is 0. The van der Waals surface area contributed by atoms with Crippen molar-refractivity contribution in [3.8, 4) is 11.8 Å². The molecule has 0 radical (unpaired) electrons. The van der Waals surface area contributed by atoms with Crippen LogP contribution in [-0.2, 0) is 0 Å². The molecule has 1 rings (SSSR count). The summed E-state index contributed by atoms with van der Waals surface area (Å²) >= 11 is 4.12. The van der Waals surface area contributed by atoms with Gasteiger partial charge in [0, 0.05) is 6.42 Å². The fraction of sp³-hybridized carbons (Fsp3) is 0.600. The summed E-state index contributed by atoms with van der Waals surface area (Å²) in [4.78, 5) is 0. The molecule has 1 aliphatic rings. The number of hydrogen-bond acceptors (Lipinski definition) is 1. The van der Waals surface area contributed by atoms with Crippen LogP contribution in [0, 0.1) is 11.8 Å². The molecule has 0 aromatic carbocycles. The summed E-state index contributed by atoms with van der Waals surface area (Å²) in [5.74, 6) is 5.88. The minimum Gasteiger partial charge on any atom is -0.163 e. The fourth-order valence-corrected chi connectivity index (χ4v) is 0.691. The maximum atomic E-state index is 4.12. The van der Waals surface area contributed by atoms with Crippen molar-refractivity contribution in [1.82, 2.24) is 0 Å². The molecule has 0 N–H and O–H groups in total. The highest BCUT2D eigenvalue weighted by molar-refractivity contribution is 7.81. The fourth-order valence-electron chi connectivity index (χ4n) is 0.471. The van der Waals surface area contributed by atoms with Crippen molar-refractivity contribution in [2.75, 3.05) is 0 Å². The zero-order valence-electron chi connectivity index (χ0n) is 3.44. The monoisotopic (exact) mass is 98.0 g/mol. The Balaban J connectivity index is 2.45. The first-order valence-electron chi connectivity index (χ1n) is 2.06. The Morgan fingerprint density at radius 1 is 1.67 bits per heavy atom. The molecular weight excluding hydrogens is 92.1 g/mol. The third-order valence-electron chi connectivity index (χ3n) is 0.811. The summed E-state index contributed by atoms with van der Waals surface area (Å²) in [5.41, 5.74) is 0. The van der Waals surface area contributed by atoms with Crippen LogP contribution in [0.4, 0.5) is 0 Å². The Morgan fingerprint density at radius 3 is 2.67 bits per heavy atom. The molecule has 0 saturated carbocycles.